The number of anilines is 1. The van der Waals surface area contributed by atoms with Gasteiger partial charge in [-0.05, 0) is 38.0 Å². The zero-order valence-electron chi connectivity index (χ0n) is 20.0. The highest BCUT2D eigenvalue weighted by molar-refractivity contribution is 6.23. The van der Waals surface area contributed by atoms with Crippen LogP contribution in [-0.2, 0) is 20.5 Å². The summed E-state index contributed by atoms with van der Waals surface area (Å²) >= 11 is 0. The predicted octanol–water partition coefficient (Wildman–Crippen LogP) is 3.81. The quantitative estimate of drug-likeness (QED) is 0.464. The molecule has 2 amide bonds. The number of pyridine rings is 1. The van der Waals surface area contributed by atoms with Gasteiger partial charge in [-0.2, -0.15) is 18.4 Å². The highest BCUT2D eigenvalue weighted by Gasteiger charge is 2.74. The van der Waals surface area contributed by atoms with Crippen molar-refractivity contribution in [2.24, 2.45) is 11.8 Å². The molecule has 0 saturated carbocycles. The number of alkyl halides is 3. The summed E-state index contributed by atoms with van der Waals surface area (Å²) in [5.41, 5.74) is -2.30. The number of carbonyl (C=O) groups excluding carboxylic acids is 2. The van der Waals surface area contributed by atoms with Crippen LogP contribution >= 0.6 is 0 Å². The fourth-order valence-corrected chi connectivity index (χ4v) is 6.09. The molecule has 6 rings (SSSR count). The van der Waals surface area contributed by atoms with Crippen LogP contribution in [0.3, 0.4) is 0 Å². The molecule has 194 valence electrons. The van der Waals surface area contributed by atoms with Crippen molar-refractivity contribution in [1.29, 1.82) is 5.26 Å². The van der Waals surface area contributed by atoms with Crippen molar-refractivity contribution in [3.8, 4) is 11.9 Å². The Hall–Kier alpha value is -4.11. The van der Waals surface area contributed by atoms with E-state index in [0.29, 0.717) is 35.4 Å². The first-order chi connectivity index (χ1) is 18.1. The molecule has 0 spiro atoms. The highest BCUT2D eigenvalue weighted by atomic mass is 19.4. The van der Waals surface area contributed by atoms with Gasteiger partial charge in [-0.3, -0.25) is 9.59 Å². The van der Waals surface area contributed by atoms with Gasteiger partial charge in [-0.15, -0.1) is 0 Å². The van der Waals surface area contributed by atoms with Crippen LogP contribution in [0.1, 0.15) is 37.4 Å². The Labute approximate surface area is 214 Å². The van der Waals surface area contributed by atoms with Crippen LogP contribution in [0, 0.1) is 23.2 Å². The van der Waals surface area contributed by atoms with Gasteiger partial charge in [0.15, 0.2) is 5.69 Å². The molecule has 0 aliphatic carbocycles. The van der Waals surface area contributed by atoms with Crippen molar-refractivity contribution < 1.29 is 32.2 Å². The largest absolute Gasteiger partial charge is 0.477 e. The lowest BCUT2D eigenvalue weighted by atomic mass is 9.67. The fourth-order valence-electron chi connectivity index (χ4n) is 6.09. The van der Waals surface area contributed by atoms with Gasteiger partial charge >= 0.3 is 6.18 Å². The second kappa shape index (κ2) is 8.19. The summed E-state index contributed by atoms with van der Waals surface area (Å²) in [4.78, 5) is 39.9. The van der Waals surface area contributed by atoms with E-state index in [2.05, 4.69) is 21.0 Å². The van der Waals surface area contributed by atoms with Gasteiger partial charge in [0.05, 0.1) is 40.7 Å². The second-order valence-electron chi connectivity index (χ2n) is 9.94. The first-order valence-electron chi connectivity index (χ1n) is 12.0. The molecule has 9 nitrogen and oxygen atoms in total. The Morgan fingerprint density at radius 2 is 1.95 bits per heavy atom. The van der Waals surface area contributed by atoms with Gasteiger partial charge in [-0.25, -0.2) is 19.9 Å². The van der Waals surface area contributed by atoms with Crippen molar-refractivity contribution >= 4 is 28.5 Å². The smallest absolute Gasteiger partial charge is 0.433 e. The summed E-state index contributed by atoms with van der Waals surface area (Å²) in [5.74, 6) is -2.51. The number of hydrogen-bond donors (Lipinski definition) is 0. The maximum Gasteiger partial charge on any atom is 0.433 e. The van der Waals surface area contributed by atoms with Crippen LogP contribution < -0.4 is 9.64 Å². The Balaban J connectivity index is 1.27. The first kappa shape index (κ1) is 24.2. The molecule has 3 fully saturated rings. The van der Waals surface area contributed by atoms with E-state index in [-0.39, 0.29) is 24.7 Å². The number of halogens is 3. The van der Waals surface area contributed by atoms with E-state index in [1.807, 2.05) is 0 Å². The van der Waals surface area contributed by atoms with Crippen molar-refractivity contribution in [3.63, 3.8) is 0 Å². The number of benzene rings is 1. The van der Waals surface area contributed by atoms with E-state index in [1.54, 1.807) is 37.3 Å². The topological polar surface area (TPSA) is 118 Å². The number of hydrogen-bond acceptors (Lipinski definition) is 8. The first-order valence-corrected chi connectivity index (χ1v) is 12.0. The third-order valence-electron chi connectivity index (χ3n) is 7.77. The average Bonchev–Trinajstić information content (AvgIpc) is 3.47. The van der Waals surface area contributed by atoms with Gasteiger partial charge < -0.3 is 9.47 Å². The molecule has 3 aliphatic heterocycles. The zero-order chi connectivity index (χ0) is 26.9. The maximum absolute atomic E-state index is 13.7. The number of rotatable bonds is 5. The molecule has 2 aromatic heterocycles. The Morgan fingerprint density at radius 1 is 1.16 bits per heavy atom. The van der Waals surface area contributed by atoms with Gasteiger partial charge in [0.1, 0.15) is 18.2 Å². The normalized spacial score (nSPS) is 28.1. The monoisotopic (exact) mass is 523 g/mol. The Kier molecular flexibility index (Phi) is 5.23. The number of aromatic nitrogens is 3. The van der Waals surface area contributed by atoms with Gasteiger partial charge in [-0.1, -0.05) is 12.1 Å². The Bertz CT molecular complexity index is 1540. The van der Waals surface area contributed by atoms with Crippen LogP contribution in [0.4, 0.5) is 19.0 Å². The molecule has 0 N–H and O–H groups in total. The van der Waals surface area contributed by atoms with E-state index in [0.717, 1.165) is 11.2 Å². The molecule has 5 heterocycles. The SMILES string of the molecule is CC12CCC(CCOc3cc(C(F)(F)F)ncn3)(O1)C1C(=O)N(c3ccc4cccc(C#N)c4n3)C(=O)C12. The van der Waals surface area contributed by atoms with Gasteiger partial charge in [0, 0.05) is 17.9 Å². The third-order valence-corrected chi connectivity index (χ3v) is 7.77. The van der Waals surface area contributed by atoms with Crippen LogP contribution in [0.15, 0.2) is 42.7 Å². The van der Waals surface area contributed by atoms with Crippen molar-refractivity contribution in [2.75, 3.05) is 11.5 Å². The predicted molar refractivity (Wildman–Crippen MR) is 125 cm³/mol. The molecule has 2 bridgehead atoms. The molecule has 1 aromatic carbocycles. The van der Waals surface area contributed by atoms with Crippen LogP contribution in [0.25, 0.3) is 10.9 Å². The van der Waals surface area contributed by atoms with Crippen LogP contribution in [-0.4, -0.2) is 44.6 Å². The van der Waals surface area contributed by atoms with Crippen molar-refractivity contribution in [2.45, 2.75) is 43.6 Å². The van der Waals surface area contributed by atoms with E-state index < -0.39 is 46.7 Å². The van der Waals surface area contributed by atoms with Crippen molar-refractivity contribution in [1.82, 2.24) is 15.0 Å². The van der Waals surface area contributed by atoms with E-state index in [9.17, 15) is 28.0 Å². The summed E-state index contributed by atoms with van der Waals surface area (Å²) < 4.78 is 50.7. The molecule has 12 heteroatoms. The van der Waals surface area contributed by atoms with E-state index in [1.165, 1.54) is 0 Å². The molecule has 3 aliphatic rings. The molecular formula is C26H20F3N5O4. The number of nitrogens with zero attached hydrogens (tertiary/aromatic N) is 5. The lowest BCUT2D eigenvalue weighted by Gasteiger charge is -2.30. The van der Waals surface area contributed by atoms with E-state index in [4.69, 9.17) is 9.47 Å². The molecule has 3 saturated heterocycles. The molecule has 4 atom stereocenters. The lowest BCUT2D eigenvalue weighted by Crippen LogP contribution is -2.43. The summed E-state index contributed by atoms with van der Waals surface area (Å²) in [6.07, 6.45) is -2.67. The van der Waals surface area contributed by atoms with Crippen LogP contribution in [0.2, 0.25) is 0 Å². The minimum absolute atomic E-state index is 0.0746. The summed E-state index contributed by atoms with van der Waals surface area (Å²) in [6.45, 7) is 1.73. The van der Waals surface area contributed by atoms with E-state index >= 15 is 0 Å². The number of fused-ring (bicyclic) bond motifs is 6. The van der Waals surface area contributed by atoms with Crippen molar-refractivity contribution in [3.05, 3.63) is 54.0 Å². The molecule has 3 aromatic rings. The average molecular weight is 523 g/mol. The number of imide groups is 1. The molecule has 4 unspecified atom stereocenters. The number of para-hydroxylation sites is 1. The standard InChI is InChI=1S/C26H20F3N5O4/c1-24-7-8-25(38-24,9-10-37-18-11-16(26(27,28)29)31-13-32-18)20-19(24)22(35)34(23(20)36)17-6-5-14-3-2-4-15(12-30)21(14)33-17/h2-6,11,13,19-20H,7-10H2,1H3. The van der Waals surface area contributed by atoms with Crippen LogP contribution in [0.5, 0.6) is 5.88 Å². The number of carbonyl (C=O) groups is 2. The fraction of sp³-hybridized carbons (Fsp3) is 0.385. The minimum Gasteiger partial charge on any atom is -0.477 e. The zero-order valence-corrected chi connectivity index (χ0v) is 20.0. The van der Waals surface area contributed by atoms with Gasteiger partial charge in [0.2, 0.25) is 17.7 Å². The lowest BCUT2D eigenvalue weighted by molar-refractivity contribution is -0.141. The third kappa shape index (κ3) is 3.53. The minimum atomic E-state index is -4.64. The summed E-state index contributed by atoms with van der Waals surface area (Å²) in [7, 11) is 0. The number of ether oxygens (including phenoxy) is 2. The maximum atomic E-state index is 13.7. The van der Waals surface area contributed by atoms with Gasteiger partial charge in [0.25, 0.3) is 0 Å². The number of nitriles is 1. The molecule has 38 heavy (non-hydrogen) atoms. The number of amides is 2. The molecular weight excluding hydrogens is 503 g/mol. The molecule has 0 radical (unpaired) electrons. The summed E-state index contributed by atoms with van der Waals surface area (Å²) in [5, 5.41) is 10.2. The second-order valence-corrected chi connectivity index (χ2v) is 9.94. The Morgan fingerprint density at radius 3 is 2.71 bits per heavy atom. The summed E-state index contributed by atoms with van der Waals surface area (Å²) in [6, 6.07) is 11.2. The highest BCUT2D eigenvalue weighted by Crippen LogP contribution is 2.62.